The van der Waals surface area contributed by atoms with E-state index in [4.69, 9.17) is 21.4 Å². The van der Waals surface area contributed by atoms with Crippen LogP contribution >= 0.6 is 12.2 Å². The van der Waals surface area contributed by atoms with Crippen LogP contribution in [0.3, 0.4) is 0 Å². The highest BCUT2D eigenvalue weighted by Gasteiger charge is 2.31. The van der Waals surface area contributed by atoms with Gasteiger partial charge in [-0.3, -0.25) is 24.5 Å². The van der Waals surface area contributed by atoms with E-state index in [9.17, 15) is 14.9 Å². The topological polar surface area (TPSA) is 116 Å². The molecule has 3 heterocycles. The van der Waals surface area contributed by atoms with Crippen molar-refractivity contribution in [3.8, 4) is 5.75 Å². The number of para-hydroxylation sites is 2. The van der Waals surface area contributed by atoms with E-state index in [0.29, 0.717) is 28.9 Å². The predicted molar refractivity (Wildman–Crippen MR) is 118 cm³/mol. The zero-order valence-electron chi connectivity index (χ0n) is 17.1. The van der Waals surface area contributed by atoms with Crippen LogP contribution in [0.15, 0.2) is 58.9 Å². The molecule has 11 heteroatoms. The molecule has 1 amide bonds. The zero-order valence-corrected chi connectivity index (χ0v) is 17.9. The van der Waals surface area contributed by atoms with E-state index < -0.39 is 4.92 Å². The molecule has 0 radical (unpaired) electrons. The van der Waals surface area contributed by atoms with E-state index >= 15 is 0 Å². The highest BCUT2D eigenvalue weighted by atomic mass is 32.1. The van der Waals surface area contributed by atoms with Gasteiger partial charge in [0, 0.05) is 30.4 Å². The molecule has 0 bridgehead atoms. The maximum absolute atomic E-state index is 12.8. The van der Waals surface area contributed by atoms with Crippen LogP contribution < -0.4 is 10.1 Å². The smallest absolute Gasteiger partial charge is 0.310 e. The SMILES string of the molecule is CCn1cc(CN2C(=O)/C(=C\c3ccc(COc4ccccc4[N+](=O)[O-])o3)NC2=S)cn1. The Kier molecular flexibility index (Phi) is 5.99. The van der Waals surface area contributed by atoms with Crippen molar-refractivity contribution in [1.82, 2.24) is 20.0 Å². The third-order valence-electron chi connectivity index (χ3n) is 4.71. The van der Waals surface area contributed by atoms with Crippen molar-refractivity contribution in [2.45, 2.75) is 26.6 Å². The maximum Gasteiger partial charge on any atom is 0.310 e. The molecule has 1 aliphatic rings. The van der Waals surface area contributed by atoms with Crippen LogP contribution in [0, 0.1) is 10.1 Å². The van der Waals surface area contributed by atoms with Crippen molar-refractivity contribution in [3.63, 3.8) is 0 Å². The van der Waals surface area contributed by atoms with Crippen molar-refractivity contribution in [3.05, 3.63) is 81.7 Å². The molecule has 3 aromatic rings. The zero-order chi connectivity index (χ0) is 22.7. The lowest BCUT2D eigenvalue weighted by Gasteiger charge is -2.12. The summed E-state index contributed by atoms with van der Waals surface area (Å²) in [5, 5.41) is 18.5. The molecule has 1 aliphatic heterocycles. The number of thiocarbonyl (C=S) groups is 1. The lowest BCUT2D eigenvalue weighted by atomic mass is 10.3. The molecular formula is C21H19N5O5S. The van der Waals surface area contributed by atoms with Crippen molar-refractivity contribution in [1.29, 1.82) is 0 Å². The number of nitrogens with zero attached hydrogens (tertiary/aromatic N) is 4. The Morgan fingerprint density at radius 3 is 2.88 bits per heavy atom. The fourth-order valence-electron chi connectivity index (χ4n) is 3.13. The van der Waals surface area contributed by atoms with Gasteiger partial charge in [0.15, 0.2) is 10.9 Å². The van der Waals surface area contributed by atoms with Gasteiger partial charge < -0.3 is 14.5 Å². The minimum Gasteiger partial charge on any atom is -0.479 e. The van der Waals surface area contributed by atoms with Crippen LogP contribution in [0.4, 0.5) is 5.69 Å². The van der Waals surface area contributed by atoms with E-state index in [-0.39, 0.29) is 24.0 Å². The first-order valence-corrected chi connectivity index (χ1v) is 10.2. The maximum atomic E-state index is 12.8. The molecule has 0 unspecified atom stereocenters. The Morgan fingerprint density at radius 1 is 1.31 bits per heavy atom. The highest BCUT2D eigenvalue weighted by molar-refractivity contribution is 7.80. The van der Waals surface area contributed by atoms with E-state index in [1.165, 1.54) is 17.0 Å². The van der Waals surface area contributed by atoms with Gasteiger partial charge in [-0.1, -0.05) is 12.1 Å². The van der Waals surface area contributed by atoms with Crippen LogP contribution in [0.25, 0.3) is 6.08 Å². The monoisotopic (exact) mass is 453 g/mol. The number of benzene rings is 1. The number of nitro benzene ring substituents is 1. The third-order valence-corrected chi connectivity index (χ3v) is 5.04. The molecule has 0 atom stereocenters. The van der Waals surface area contributed by atoms with Crippen molar-refractivity contribution >= 4 is 35.0 Å². The van der Waals surface area contributed by atoms with E-state index in [2.05, 4.69) is 10.4 Å². The number of nitrogens with one attached hydrogen (secondary N) is 1. The summed E-state index contributed by atoms with van der Waals surface area (Å²) in [6.07, 6.45) is 5.13. The average molecular weight is 453 g/mol. The predicted octanol–water partition coefficient (Wildman–Crippen LogP) is 3.24. The second kappa shape index (κ2) is 9.02. The van der Waals surface area contributed by atoms with Crippen LogP contribution in [0.5, 0.6) is 5.75 Å². The summed E-state index contributed by atoms with van der Waals surface area (Å²) in [6, 6.07) is 9.46. The summed E-state index contributed by atoms with van der Waals surface area (Å²) in [6.45, 7) is 3.04. The van der Waals surface area contributed by atoms with Gasteiger partial charge in [0.25, 0.3) is 5.91 Å². The number of carbonyl (C=O) groups is 1. The molecule has 0 spiro atoms. The van der Waals surface area contributed by atoms with Gasteiger partial charge >= 0.3 is 5.69 Å². The molecule has 0 aliphatic carbocycles. The number of nitro groups is 1. The van der Waals surface area contributed by atoms with E-state index in [0.717, 1.165) is 12.1 Å². The number of furan rings is 1. The second-order valence-electron chi connectivity index (χ2n) is 6.90. The number of aryl methyl sites for hydroxylation is 1. The third kappa shape index (κ3) is 4.52. The molecule has 32 heavy (non-hydrogen) atoms. The Hall–Kier alpha value is -3.99. The van der Waals surface area contributed by atoms with Gasteiger partial charge in [-0.15, -0.1) is 0 Å². The van der Waals surface area contributed by atoms with Crippen LogP contribution in [0.1, 0.15) is 24.0 Å². The average Bonchev–Trinajstić information content (AvgIpc) is 3.49. The molecule has 1 aromatic carbocycles. The van der Waals surface area contributed by atoms with Crippen molar-refractivity contribution in [2.75, 3.05) is 0 Å². The number of rotatable bonds is 8. The number of carbonyl (C=O) groups excluding carboxylic acids is 1. The Balaban J connectivity index is 1.42. The van der Waals surface area contributed by atoms with Crippen LogP contribution in [-0.4, -0.2) is 30.6 Å². The van der Waals surface area contributed by atoms with Gasteiger partial charge in [0.2, 0.25) is 0 Å². The first-order valence-electron chi connectivity index (χ1n) is 9.75. The summed E-state index contributed by atoms with van der Waals surface area (Å²) < 4.78 is 13.0. The summed E-state index contributed by atoms with van der Waals surface area (Å²) >= 11 is 5.30. The van der Waals surface area contributed by atoms with E-state index in [1.54, 1.807) is 41.2 Å². The summed E-state index contributed by atoms with van der Waals surface area (Å²) in [7, 11) is 0. The van der Waals surface area contributed by atoms with Gasteiger partial charge in [-0.25, -0.2) is 0 Å². The van der Waals surface area contributed by atoms with Crippen LogP contribution in [-0.2, 0) is 24.5 Å². The lowest BCUT2D eigenvalue weighted by Crippen LogP contribution is -2.29. The minimum atomic E-state index is -0.507. The Labute approximate surface area is 188 Å². The number of hydrogen-bond donors (Lipinski definition) is 1. The Morgan fingerprint density at radius 2 is 2.12 bits per heavy atom. The summed E-state index contributed by atoms with van der Waals surface area (Å²) in [4.78, 5) is 24.8. The Bertz CT molecular complexity index is 1210. The molecule has 10 nitrogen and oxygen atoms in total. The number of aromatic nitrogens is 2. The second-order valence-corrected chi connectivity index (χ2v) is 7.29. The molecule has 1 N–H and O–H groups in total. The molecule has 1 fully saturated rings. The molecule has 4 rings (SSSR count). The molecule has 164 valence electrons. The first-order chi connectivity index (χ1) is 15.4. The highest BCUT2D eigenvalue weighted by Crippen LogP contribution is 2.27. The summed E-state index contributed by atoms with van der Waals surface area (Å²) in [5.41, 5.74) is 1.04. The molecule has 0 saturated carbocycles. The van der Waals surface area contributed by atoms with Gasteiger partial charge in [0.1, 0.15) is 23.8 Å². The summed E-state index contributed by atoms with van der Waals surface area (Å²) in [5.74, 6) is 0.750. The van der Waals surface area contributed by atoms with Gasteiger partial charge in [-0.05, 0) is 37.3 Å². The quantitative estimate of drug-likeness (QED) is 0.239. The molecule has 2 aromatic heterocycles. The van der Waals surface area contributed by atoms with Gasteiger partial charge in [0.05, 0.1) is 17.7 Å². The molecule has 1 saturated heterocycles. The minimum absolute atomic E-state index is 0.00135. The fourth-order valence-corrected chi connectivity index (χ4v) is 3.39. The standard InChI is InChI=1S/C21H19N5O5S/c1-2-24-11-14(10-22-24)12-25-20(27)17(23-21(25)32)9-15-7-8-16(31-15)13-30-19-6-4-3-5-18(19)26(28)29/h3-11H,2,12-13H2,1H3,(H,23,32)/b17-9+. The normalized spacial score (nSPS) is 14.8. The molecular weight excluding hydrogens is 434 g/mol. The lowest BCUT2D eigenvalue weighted by molar-refractivity contribution is -0.386. The van der Waals surface area contributed by atoms with Crippen LogP contribution in [0.2, 0.25) is 0 Å². The van der Waals surface area contributed by atoms with E-state index in [1.807, 2.05) is 13.1 Å². The number of amides is 1. The van der Waals surface area contributed by atoms with Gasteiger partial charge in [-0.2, -0.15) is 5.10 Å². The fraction of sp³-hybridized carbons (Fsp3) is 0.190. The van der Waals surface area contributed by atoms with Crippen molar-refractivity contribution < 1.29 is 18.9 Å². The van der Waals surface area contributed by atoms with Crippen molar-refractivity contribution in [2.24, 2.45) is 0 Å². The number of hydrogen-bond acceptors (Lipinski definition) is 7. The first kappa shape index (κ1) is 21.2. The number of ether oxygens (including phenoxy) is 1. The largest absolute Gasteiger partial charge is 0.479 e.